The molecule has 2 aromatic rings. The molecule has 0 fully saturated rings. The van der Waals surface area contributed by atoms with Gasteiger partial charge in [-0.05, 0) is 23.3 Å². The van der Waals surface area contributed by atoms with Crippen molar-refractivity contribution in [1.29, 1.82) is 0 Å². The predicted molar refractivity (Wildman–Crippen MR) is 73.2 cm³/mol. The van der Waals surface area contributed by atoms with Crippen LogP contribution in [0.25, 0.3) is 0 Å². The van der Waals surface area contributed by atoms with Crippen molar-refractivity contribution in [3.63, 3.8) is 0 Å². The molecule has 0 amide bonds. The summed E-state index contributed by atoms with van der Waals surface area (Å²) in [6, 6.07) is 15.7. The molecule has 0 bridgehead atoms. The topological polar surface area (TPSA) is 17.1 Å². The molecular formula is C16H13ClO. The van der Waals surface area contributed by atoms with E-state index in [0.29, 0.717) is 0 Å². The quantitative estimate of drug-likeness (QED) is 0.743. The van der Waals surface area contributed by atoms with Gasteiger partial charge in [0, 0.05) is 22.4 Å². The van der Waals surface area contributed by atoms with Crippen LogP contribution in [0.4, 0.5) is 0 Å². The van der Waals surface area contributed by atoms with Crippen LogP contribution in [0.15, 0.2) is 48.5 Å². The molecule has 0 heterocycles. The first kappa shape index (κ1) is 11.5. The number of halogens is 1. The summed E-state index contributed by atoms with van der Waals surface area (Å²) in [6.07, 6.45) is 0. The van der Waals surface area contributed by atoms with Gasteiger partial charge in [-0.25, -0.2) is 0 Å². The number of carbonyl (C=O) groups excluding carboxylic acids is 1. The molecule has 0 radical (unpaired) electrons. The molecular weight excluding hydrogens is 244 g/mol. The number of fused-ring (bicyclic) bond motifs is 1. The van der Waals surface area contributed by atoms with E-state index in [1.165, 1.54) is 0 Å². The fourth-order valence-electron chi connectivity index (χ4n) is 2.80. The van der Waals surface area contributed by atoms with Gasteiger partial charge >= 0.3 is 0 Å². The van der Waals surface area contributed by atoms with Crippen molar-refractivity contribution in [3.05, 3.63) is 70.2 Å². The summed E-state index contributed by atoms with van der Waals surface area (Å²) in [7, 11) is 0. The molecule has 1 nitrogen and oxygen atoms in total. The van der Waals surface area contributed by atoms with Gasteiger partial charge in [0.25, 0.3) is 0 Å². The lowest BCUT2D eigenvalue weighted by atomic mass is 9.87. The number of hydrogen-bond acceptors (Lipinski definition) is 1. The minimum Gasteiger partial charge on any atom is -0.294 e. The molecule has 0 saturated carbocycles. The predicted octanol–water partition coefficient (Wildman–Crippen LogP) is 4.30. The van der Waals surface area contributed by atoms with Gasteiger partial charge in [-0.3, -0.25) is 4.79 Å². The lowest BCUT2D eigenvalue weighted by Gasteiger charge is -2.16. The third-order valence-electron chi connectivity index (χ3n) is 3.70. The molecule has 0 N–H and O–H groups in total. The van der Waals surface area contributed by atoms with Crippen LogP contribution in [-0.4, -0.2) is 5.78 Å². The van der Waals surface area contributed by atoms with Gasteiger partial charge in [0.1, 0.15) is 0 Å². The normalized spacial score (nSPS) is 22.0. The maximum absolute atomic E-state index is 12.2. The van der Waals surface area contributed by atoms with E-state index in [1.54, 1.807) is 0 Å². The second kappa shape index (κ2) is 4.25. The van der Waals surface area contributed by atoms with Crippen LogP contribution in [0, 0.1) is 5.92 Å². The Morgan fingerprint density at radius 1 is 1.00 bits per heavy atom. The Bertz CT molecular complexity index is 601. The van der Waals surface area contributed by atoms with Crippen LogP contribution < -0.4 is 0 Å². The third kappa shape index (κ3) is 1.67. The molecule has 1 aliphatic carbocycles. The van der Waals surface area contributed by atoms with Crippen LogP contribution in [-0.2, 0) is 0 Å². The molecule has 1 aliphatic rings. The third-order valence-corrected chi connectivity index (χ3v) is 3.96. The van der Waals surface area contributed by atoms with Crippen LogP contribution in [0.3, 0.4) is 0 Å². The number of rotatable bonds is 1. The molecule has 0 saturated heterocycles. The van der Waals surface area contributed by atoms with Crippen LogP contribution in [0.2, 0.25) is 5.02 Å². The van der Waals surface area contributed by atoms with Gasteiger partial charge < -0.3 is 0 Å². The summed E-state index contributed by atoms with van der Waals surface area (Å²) in [5, 5.41) is 0.726. The molecule has 2 atom stereocenters. The summed E-state index contributed by atoms with van der Waals surface area (Å²) in [5.74, 6) is 0.403. The minimum absolute atomic E-state index is 0.00331. The second-order valence-corrected chi connectivity index (χ2v) is 5.21. The van der Waals surface area contributed by atoms with Crippen molar-refractivity contribution in [2.75, 3.05) is 0 Å². The first-order valence-corrected chi connectivity index (χ1v) is 6.45. The van der Waals surface area contributed by atoms with E-state index < -0.39 is 0 Å². The Morgan fingerprint density at radius 2 is 1.67 bits per heavy atom. The zero-order chi connectivity index (χ0) is 12.7. The molecule has 0 aliphatic heterocycles. The van der Waals surface area contributed by atoms with E-state index in [-0.39, 0.29) is 17.6 Å². The number of hydrogen-bond donors (Lipinski definition) is 0. The van der Waals surface area contributed by atoms with E-state index in [0.717, 1.165) is 21.7 Å². The monoisotopic (exact) mass is 256 g/mol. The van der Waals surface area contributed by atoms with Gasteiger partial charge in [-0.15, -0.1) is 0 Å². The molecule has 2 heteroatoms. The van der Waals surface area contributed by atoms with Crippen LogP contribution in [0.1, 0.15) is 34.3 Å². The van der Waals surface area contributed by atoms with E-state index in [1.807, 2.05) is 49.4 Å². The van der Waals surface area contributed by atoms with E-state index in [2.05, 4.69) is 6.07 Å². The highest BCUT2D eigenvalue weighted by molar-refractivity contribution is 6.30. The molecule has 90 valence electrons. The van der Waals surface area contributed by atoms with Crippen molar-refractivity contribution >= 4 is 17.4 Å². The van der Waals surface area contributed by atoms with Gasteiger partial charge in [0.15, 0.2) is 5.78 Å². The second-order valence-electron chi connectivity index (χ2n) is 4.77. The maximum atomic E-state index is 12.2. The zero-order valence-corrected chi connectivity index (χ0v) is 10.8. The first-order chi connectivity index (χ1) is 8.68. The van der Waals surface area contributed by atoms with Gasteiger partial charge in [-0.2, -0.15) is 0 Å². The molecule has 0 aromatic heterocycles. The van der Waals surface area contributed by atoms with E-state index in [4.69, 9.17) is 11.6 Å². The minimum atomic E-state index is 0.00331. The van der Waals surface area contributed by atoms with Crippen molar-refractivity contribution < 1.29 is 4.79 Å². The highest BCUT2D eigenvalue weighted by Gasteiger charge is 2.36. The summed E-state index contributed by atoms with van der Waals surface area (Å²) in [5.41, 5.74) is 3.16. The Balaban J connectivity index is 2.13. The lowest BCUT2D eigenvalue weighted by molar-refractivity contribution is 0.0939. The van der Waals surface area contributed by atoms with Crippen molar-refractivity contribution in [3.8, 4) is 0 Å². The Labute approximate surface area is 111 Å². The van der Waals surface area contributed by atoms with Gasteiger partial charge in [-0.1, -0.05) is 54.9 Å². The number of benzene rings is 2. The van der Waals surface area contributed by atoms with Gasteiger partial charge in [0.05, 0.1) is 0 Å². The molecule has 18 heavy (non-hydrogen) atoms. The van der Waals surface area contributed by atoms with Gasteiger partial charge in [0.2, 0.25) is 0 Å². The van der Waals surface area contributed by atoms with Crippen LogP contribution >= 0.6 is 11.6 Å². The average molecular weight is 257 g/mol. The highest BCUT2D eigenvalue weighted by atomic mass is 35.5. The lowest BCUT2D eigenvalue weighted by Crippen LogP contribution is -2.10. The van der Waals surface area contributed by atoms with Crippen LogP contribution in [0.5, 0.6) is 0 Å². The highest BCUT2D eigenvalue weighted by Crippen LogP contribution is 2.42. The Kier molecular flexibility index (Phi) is 2.71. The first-order valence-electron chi connectivity index (χ1n) is 6.07. The van der Waals surface area contributed by atoms with Crippen molar-refractivity contribution in [2.24, 2.45) is 5.92 Å². The Morgan fingerprint density at radius 3 is 2.39 bits per heavy atom. The Hall–Kier alpha value is -1.60. The van der Waals surface area contributed by atoms with E-state index in [9.17, 15) is 4.79 Å². The SMILES string of the molecule is C[C@@H]1C(=O)c2ccccc2[C@H]1c1ccc(Cl)cc1. The standard InChI is InChI=1S/C16H13ClO/c1-10-15(11-6-8-12(17)9-7-11)13-4-2-3-5-14(13)16(10)18/h2-10,15H,1H3/t10-,15+/m0/s1. The molecule has 0 unspecified atom stereocenters. The molecule has 3 rings (SSSR count). The average Bonchev–Trinajstić information content (AvgIpc) is 2.64. The van der Waals surface area contributed by atoms with Crippen molar-refractivity contribution in [1.82, 2.24) is 0 Å². The zero-order valence-electron chi connectivity index (χ0n) is 10.1. The van der Waals surface area contributed by atoms with Crippen molar-refractivity contribution in [2.45, 2.75) is 12.8 Å². The summed E-state index contributed by atoms with van der Waals surface area (Å²) in [6.45, 7) is 2.00. The summed E-state index contributed by atoms with van der Waals surface area (Å²) < 4.78 is 0. The molecule has 2 aromatic carbocycles. The molecule has 0 spiro atoms. The number of ketones is 1. The largest absolute Gasteiger partial charge is 0.294 e. The summed E-state index contributed by atoms with van der Waals surface area (Å²) >= 11 is 5.92. The van der Waals surface area contributed by atoms with E-state index >= 15 is 0 Å². The smallest absolute Gasteiger partial charge is 0.166 e. The fourth-order valence-corrected chi connectivity index (χ4v) is 2.92. The number of carbonyl (C=O) groups is 1. The fraction of sp³-hybridized carbons (Fsp3) is 0.188. The maximum Gasteiger partial charge on any atom is 0.166 e. The number of Topliss-reactive ketones (excluding diaryl/α,β-unsaturated/α-hetero) is 1. The summed E-state index contributed by atoms with van der Waals surface area (Å²) in [4.78, 5) is 12.2.